The number of halogens is 6. The molecule has 0 unspecified atom stereocenters. The second-order valence-corrected chi connectivity index (χ2v) is 5.88. The lowest BCUT2D eigenvalue weighted by Gasteiger charge is -2.14. The third-order valence-corrected chi connectivity index (χ3v) is 3.71. The Morgan fingerprint density at radius 2 is 1.40 bits per heavy atom. The van der Waals surface area contributed by atoms with Crippen molar-refractivity contribution in [1.82, 2.24) is 10.9 Å². The molecule has 2 amide bonds. The molecule has 0 aliphatic heterocycles. The molecule has 0 spiro atoms. The third kappa shape index (κ3) is 6.29. The fraction of sp³-hybridized carbons (Fsp3) is 0.222. The zero-order chi connectivity index (χ0) is 22.5. The predicted octanol–water partition coefficient (Wildman–Crippen LogP) is 3.61. The van der Waals surface area contributed by atoms with Gasteiger partial charge in [0.05, 0.1) is 24.8 Å². The van der Waals surface area contributed by atoms with Gasteiger partial charge in [0.1, 0.15) is 5.75 Å². The fourth-order valence-electron chi connectivity index (χ4n) is 2.22. The molecule has 0 heterocycles. The second-order valence-electron chi connectivity index (χ2n) is 5.88. The summed E-state index contributed by atoms with van der Waals surface area (Å²) < 4.78 is 82.0. The van der Waals surface area contributed by atoms with Crippen LogP contribution in [0.1, 0.15) is 21.5 Å². The van der Waals surface area contributed by atoms with Crippen molar-refractivity contribution in [2.24, 2.45) is 0 Å². The number of carbonyl (C=O) groups excluding carboxylic acids is 2. The Morgan fingerprint density at radius 1 is 0.867 bits per heavy atom. The van der Waals surface area contributed by atoms with Crippen LogP contribution in [-0.4, -0.2) is 25.5 Å². The van der Waals surface area contributed by atoms with Gasteiger partial charge >= 0.3 is 12.4 Å². The van der Waals surface area contributed by atoms with E-state index in [-0.39, 0.29) is 24.7 Å². The molecule has 0 saturated carbocycles. The van der Waals surface area contributed by atoms with Crippen LogP contribution in [0.15, 0.2) is 42.5 Å². The van der Waals surface area contributed by atoms with Crippen molar-refractivity contribution in [3.05, 3.63) is 59.2 Å². The minimum Gasteiger partial charge on any atom is -0.497 e. The summed E-state index contributed by atoms with van der Waals surface area (Å²) >= 11 is 0. The average Bonchev–Trinajstić information content (AvgIpc) is 2.69. The number of alkyl halides is 6. The first-order chi connectivity index (χ1) is 13.9. The van der Waals surface area contributed by atoms with Crippen molar-refractivity contribution in [2.45, 2.75) is 12.4 Å². The molecule has 30 heavy (non-hydrogen) atoms. The van der Waals surface area contributed by atoms with E-state index in [1.54, 1.807) is 29.7 Å². The van der Waals surface area contributed by atoms with Gasteiger partial charge in [-0.05, 0) is 42.5 Å². The van der Waals surface area contributed by atoms with Crippen molar-refractivity contribution < 1.29 is 40.7 Å². The Balaban J connectivity index is 2.01. The molecule has 0 saturated heterocycles. The number of benzene rings is 2. The predicted molar refractivity (Wildman–Crippen MR) is 93.5 cm³/mol. The minimum atomic E-state index is -5.10. The number of carbonyl (C=O) groups is 2. The molecule has 0 aliphatic rings. The molecule has 0 radical (unpaired) electrons. The first-order valence-electron chi connectivity index (χ1n) is 8.17. The number of ether oxygens (including phenoxy) is 1. The molecular formula is C18H15F6N3O3. The summed E-state index contributed by atoms with van der Waals surface area (Å²) in [5.41, 5.74) is 0.00851. The molecule has 12 heteroatoms. The number of anilines is 1. The largest absolute Gasteiger partial charge is 0.497 e. The van der Waals surface area contributed by atoms with Crippen LogP contribution in [-0.2, 0) is 17.1 Å². The molecular weight excluding hydrogens is 420 g/mol. The van der Waals surface area contributed by atoms with Crippen LogP contribution in [0.3, 0.4) is 0 Å². The minimum absolute atomic E-state index is 0.103. The molecule has 3 N–H and O–H groups in total. The zero-order valence-corrected chi connectivity index (χ0v) is 15.2. The molecule has 2 aromatic carbocycles. The average molecular weight is 435 g/mol. The summed E-state index contributed by atoms with van der Waals surface area (Å²) in [6, 6.07) is 6.85. The van der Waals surface area contributed by atoms with E-state index in [4.69, 9.17) is 4.74 Å². The second kappa shape index (κ2) is 8.93. The first-order valence-corrected chi connectivity index (χ1v) is 8.17. The van der Waals surface area contributed by atoms with E-state index in [2.05, 4.69) is 5.32 Å². The zero-order valence-electron chi connectivity index (χ0n) is 15.2. The van der Waals surface area contributed by atoms with Crippen molar-refractivity contribution >= 4 is 17.5 Å². The quantitative estimate of drug-likeness (QED) is 0.495. The summed E-state index contributed by atoms with van der Waals surface area (Å²) in [6.07, 6.45) is -10.2. The summed E-state index contributed by atoms with van der Waals surface area (Å²) in [6.45, 7) is -0.330. The Kier molecular flexibility index (Phi) is 6.80. The fourth-order valence-corrected chi connectivity index (χ4v) is 2.22. The molecule has 0 atom stereocenters. The number of methoxy groups -OCH3 is 1. The number of amides is 2. The highest BCUT2D eigenvalue weighted by Crippen LogP contribution is 2.36. The van der Waals surface area contributed by atoms with Crippen molar-refractivity contribution in [3.8, 4) is 5.75 Å². The van der Waals surface area contributed by atoms with Crippen molar-refractivity contribution in [3.63, 3.8) is 0 Å². The number of hydrazine groups is 1. The maximum Gasteiger partial charge on any atom is 0.416 e. The molecule has 2 aromatic rings. The van der Waals surface area contributed by atoms with E-state index in [0.717, 1.165) is 0 Å². The van der Waals surface area contributed by atoms with E-state index in [1.807, 2.05) is 5.43 Å². The highest BCUT2D eigenvalue weighted by atomic mass is 19.4. The maximum atomic E-state index is 12.8. The number of hydrogen-bond donors (Lipinski definition) is 3. The highest BCUT2D eigenvalue weighted by Gasteiger charge is 2.37. The SMILES string of the molecule is COc1ccc(NCC(=O)NNC(=O)c2cc(C(F)(F)F)cc(C(F)(F)F)c2)cc1. The van der Waals surface area contributed by atoms with E-state index in [1.165, 1.54) is 7.11 Å². The Morgan fingerprint density at radius 3 is 1.87 bits per heavy atom. The topological polar surface area (TPSA) is 79.5 Å². The van der Waals surface area contributed by atoms with E-state index in [0.29, 0.717) is 11.4 Å². The van der Waals surface area contributed by atoms with E-state index in [9.17, 15) is 35.9 Å². The lowest BCUT2D eigenvalue weighted by Crippen LogP contribution is -2.44. The lowest BCUT2D eigenvalue weighted by molar-refractivity contribution is -0.143. The van der Waals surface area contributed by atoms with Crippen LogP contribution >= 0.6 is 0 Å². The number of rotatable bonds is 5. The van der Waals surface area contributed by atoms with Crippen LogP contribution in [0, 0.1) is 0 Å². The lowest BCUT2D eigenvalue weighted by atomic mass is 10.0. The molecule has 2 rings (SSSR count). The first kappa shape index (κ1) is 22.8. The van der Waals surface area contributed by atoms with Crippen LogP contribution < -0.4 is 20.9 Å². The Bertz CT molecular complexity index is 879. The summed E-state index contributed by atoms with van der Waals surface area (Å²) in [4.78, 5) is 23.7. The van der Waals surface area contributed by atoms with Gasteiger partial charge in [0.2, 0.25) is 0 Å². The van der Waals surface area contributed by atoms with E-state index >= 15 is 0 Å². The van der Waals surface area contributed by atoms with E-state index < -0.39 is 40.9 Å². The van der Waals surface area contributed by atoms with Crippen LogP contribution in [0.2, 0.25) is 0 Å². The van der Waals surface area contributed by atoms with Gasteiger partial charge in [0.15, 0.2) is 0 Å². The van der Waals surface area contributed by atoms with Gasteiger partial charge in [-0.3, -0.25) is 20.4 Å². The van der Waals surface area contributed by atoms with Gasteiger partial charge in [-0.15, -0.1) is 0 Å². The van der Waals surface area contributed by atoms with Gasteiger partial charge in [0, 0.05) is 11.3 Å². The van der Waals surface area contributed by atoms with Gasteiger partial charge in [-0.2, -0.15) is 26.3 Å². The van der Waals surface area contributed by atoms with Crippen molar-refractivity contribution in [2.75, 3.05) is 19.0 Å². The van der Waals surface area contributed by atoms with Gasteiger partial charge in [-0.25, -0.2) is 0 Å². The third-order valence-electron chi connectivity index (χ3n) is 3.71. The summed E-state index contributed by atoms with van der Waals surface area (Å²) in [5.74, 6) is -1.55. The molecule has 162 valence electrons. The smallest absolute Gasteiger partial charge is 0.416 e. The van der Waals surface area contributed by atoms with Gasteiger partial charge < -0.3 is 10.1 Å². The summed E-state index contributed by atoms with van der Waals surface area (Å²) in [7, 11) is 1.47. The molecule has 0 aromatic heterocycles. The molecule has 0 bridgehead atoms. The van der Waals surface area contributed by atoms with Crippen molar-refractivity contribution in [1.29, 1.82) is 0 Å². The maximum absolute atomic E-state index is 12.8. The Labute approximate surface area is 166 Å². The molecule has 6 nitrogen and oxygen atoms in total. The number of nitrogens with one attached hydrogen (secondary N) is 3. The molecule has 0 fully saturated rings. The van der Waals surface area contributed by atoms with Gasteiger partial charge in [-0.1, -0.05) is 0 Å². The molecule has 0 aliphatic carbocycles. The summed E-state index contributed by atoms with van der Waals surface area (Å²) in [5, 5.41) is 2.70. The van der Waals surface area contributed by atoms with Crippen LogP contribution in [0.4, 0.5) is 32.0 Å². The van der Waals surface area contributed by atoms with Gasteiger partial charge in [0.25, 0.3) is 11.8 Å². The van der Waals surface area contributed by atoms with Crippen LogP contribution in [0.5, 0.6) is 5.75 Å². The number of hydrogen-bond acceptors (Lipinski definition) is 4. The van der Waals surface area contributed by atoms with Crippen LogP contribution in [0.25, 0.3) is 0 Å². The standard InChI is InChI=1S/C18H15F6N3O3/c1-30-14-4-2-13(3-5-14)25-9-15(28)26-27-16(29)10-6-11(17(19,20)21)8-12(7-10)18(22,23)24/h2-8,25H,9H2,1H3,(H,26,28)(H,27,29). The normalized spacial score (nSPS) is 11.6. The monoisotopic (exact) mass is 435 g/mol. The highest BCUT2D eigenvalue weighted by molar-refractivity contribution is 5.96. The Hall–Kier alpha value is -3.44.